The van der Waals surface area contributed by atoms with Crippen molar-refractivity contribution in [3.8, 4) is 10.7 Å². The van der Waals surface area contributed by atoms with Crippen molar-refractivity contribution >= 4 is 45.5 Å². The molecule has 0 spiro atoms. The minimum absolute atomic E-state index is 0.0132. The second-order valence-corrected chi connectivity index (χ2v) is 7.72. The summed E-state index contributed by atoms with van der Waals surface area (Å²) in [6.07, 6.45) is 0. The molecular weight excluding hydrogens is 372 g/mol. The van der Waals surface area contributed by atoms with Crippen LogP contribution in [0.4, 0.5) is 17.3 Å². The molecule has 8 heteroatoms. The lowest BCUT2D eigenvalue weighted by atomic mass is 10.2. The predicted octanol–water partition coefficient (Wildman–Crippen LogP) is 4.73. The van der Waals surface area contributed by atoms with Gasteiger partial charge in [0.2, 0.25) is 5.91 Å². The maximum atomic E-state index is 11.9. The maximum Gasteiger partial charge on any atom is 0.226 e. The summed E-state index contributed by atoms with van der Waals surface area (Å²) in [7, 11) is 0. The van der Waals surface area contributed by atoms with E-state index in [-0.39, 0.29) is 11.8 Å². The van der Waals surface area contributed by atoms with Gasteiger partial charge in [-0.3, -0.25) is 9.89 Å². The van der Waals surface area contributed by atoms with E-state index in [1.165, 1.54) is 11.3 Å². The number of carbonyl (C=O) groups is 1. The first-order valence-electron chi connectivity index (χ1n) is 8.95. The Morgan fingerprint density at radius 1 is 1.18 bits per heavy atom. The van der Waals surface area contributed by atoms with E-state index in [0.29, 0.717) is 11.6 Å². The van der Waals surface area contributed by atoms with Crippen LogP contribution in [0.2, 0.25) is 0 Å². The van der Waals surface area contributed by atoms with E-state index in [4.69, 9.17) is 9.97 Å². The molecule has 0 aliphatic heterocycles. The molecule has 142 valence electrons. The summed E-state index contributed by atoms with van der Waals surface area (Å²) >= 11 is 1.50. The zero-order chi connectivity index (χ0) is 19.7. The molecule has 1 aromatic carbocycles. The number of para-hydroxylation sites is 1. The molecule has 28 heavy (non-hydrogen) atoms. The van der Waals surface area contributed by atoms with Crippen LogP contribution in [-0.4, -0.2) is 26.1 Å². The number of thiophene rings is 1. The van der Waals surface area contributed by atoms with Gasteiger partial charge < -0.3 is 10.6 Å². The van der Waals surface area contributed by atoms with Crippen molar-refractivity contribution in [1.82, 2.24) is 20.2 Å². The van der Waals surface area contributed by atoms with E-state index in [1.54, 1.807) is 0 Å². The molecule has 0 saturated heterocycles. The number of aromatic nitrogens is 4. The summed E-state index contributed by atoms with van der Waals surface area (Å²) in [5, 5.41) is 16.1. The number of carbonyl (C=O) groups excluding carboxylic acids is 1. The van der Waals surface area contributed by atoms with Crippen LogP contribution in [0.5, 0.6) is 0 Å². The summed E-state index contributed by atoms with van der Waals surface area (Å²) in [6, 6.07) is 11.7. The molecule has 7 nitrogen and oxygen atoms in total. The smallest absolute Gasteiger partial charge is 0.226 e. The number of nitrogens with zero attached hydrogens (tertiary/aromatic N) is 3. The molecule has 4 rings (SSSR count). The Morgan fingerprint density at radius 2 is 2.00 bits per heavy atom. The van der Waals surface area contributed by atoms with Gasteiger partial charge in [0.1, 0.15) is 11.6 Å². The summed E-state index contributed by atoms with van der Waals surface area (Å²) in [4.78, 5) is 22.3. The molecule has 4 aromatic rings. The van der Waals surface area contributed by atoms with E-state index < -0.39 is 0 Å². The Hall–Kier alpha value is -3.26. The minimum atomic E-state index is -0.0751. The number of hydrogen-bond acceptors (Lipinski definition) is 6. The van der Waals surface area contributed by atoms with Gasteiger partial charge >= 0.3 is 0 Å². The van der Waals surface area contributed by atoms with Crippen molar-refractivity contribution in [3.63, 3.8) is 0 Å². The SMILES string of the molecule is Cc1cc(Nc2nc(-c3cc(NC(=O)C(C)C)cs3)nc3ccccc23)[nH]n1. The highest BCUT2D eigenvalue weighted by atomic mass is 32.1. The fourth-order valence-corrected chi connectivity index (χ4v) is 3.47. The van der Waals surface area contributed by atoms with Crippen molar-refractivity contribution in [2.45, 2.75) is 20.8 Å². The van der Waals surface area contributed by atoms with Crippen molar-refractivity contribution in [2.75, 3.05) is 10.6 Å². The molecule has 0 bridgehead atoms. The number of aryl methyl sites for hydroxylation is 1. The second kappa shape index (κ2) is 7.40. The molecule has 3 aromatic heterocycles. The van der Waals surface area contributed by atoms with Gasteiger partial charge in [-0.2, -0.15) is 5.10 Å². The lowest BCUT2D eigenvalue weighted by Crippen LogP contribution is -2.17. The normalized spacial score (nSPS) is 11.1. The molecule has 0 radical (unpaired) electrons. The van der Waals surface area contributed by atoms with Crippen LogP contribution < -0.4 is 10.6 Å². The average molecular weight is 392 g/mol. The molecule has 0 unspecified atom stereocenters. The van der Waals surface area contributed by atoms with Gasteiger partial charge in [-0.1, -0.05) is 26.0 Å². The monoisotopic (exact) mass is 392 g/mol. The Morgan fingerprint density at radius 3 is 2.75 bits per heavy atom. The zero-order valence-corrected chi connectivity index (χ0v) is 16.6. The fraction of sp³-hybridized carbons (Fsp3) is 0.200. The number of benzene rings is 1. The van der Waals surface area contributed by atoms with Gasteiger partial charge in [0.05, 0.1) is 21.8 Å². The Bertz CT molecular complexity index is 1150. The van der Waals surface area contributed by atoms with Gasteiger partial charge in [0.15, 0.2) is 5.82 Å². The summed E-state index contributed by atoms with van der Waals surface area (Å²) in [6.45, 7) is 5.65. The average Bonchev–Trinajstić information content (AvgIpc) is 3.30. The van der Waals surface area contributed by atoms with Crippen LogP contribution in [-0.2, 0) is 4.79 Å². The highest BCUT2D eigenvalue weighted by Gasteiger charge is 2.14. The standard InChI is InChI=1S/C20H20N6OS/c1-11(2)20(27)21-13-9-16(28-10-13)19-22-15-7-5-4-6-14(15)18(24-19)23-17-8-12(3)25-26-17/h4-11H,1-3H3,(H,21,27)(H2,22,23,24,25,26). The van der Waals surface area contributed by atoms with E-state index >= 15 is 0 Å². The van der Waals surface area contributed by atoms with Crippen LogP contribution in [0, 0.1) is 12.8 Å². The van der Waals surface area contributed by atoms with Crippen LogP contribution in [0.15, 0.2) is 41.8 Å². The first-order chi connectivity index (χ1) is 13.5. The quantitative estimate of drug-likeness (QED) is 0.456. The van der Waals surface area contributed by atoms with Crippen molar-refractivity contribution in [1.29, 1.82) is 0 Å². The largest absolute Gasteiger partial charge is 0.325 e. The Balaban J connectivity index is 1.72. The lowest BCUT2D eigenvalue weighted by Gasteiger charge is -2.09. The van der Waals surface area contributed by atoms with Crippen LogP contribution >= 0.6 is 11.3 Å². The highest BCUT2D eigenvalue weighted by molar-refractivity contribution is 7.14. The van der Waals surface area contributed by atoms with E-state index in [1.807, 2.05) is 62.5 Å². The van der Waals surface area contributed by atoms with Crippen molar-refractivity contribution < 1.29 is 4.79 Å². The highest BCUT2D eigenvalue weighted by Crippen LogP contribution is 2.31. The second-order valence-electron chi connectivity index (χ2n) is 6.80. The summed E-state index contributed by atoms with van der Waals surface area (Å²) < 4.78 is 0. The molecule has 0 saturated carbocycles. The van der Waals surface area contributed by atoms with Gasteiger partial charge in [-0.05, 0) is 25.1 Å². The van der Waals surface area contributed by atoms with Crippen LogP contribution in [0.25, 0.3) is 21.6 Å². The molecule has 0 aliphatic rings. The lowest BCUT2D eigenvalue weighted by molar-refractivity contribution is -0.118. The van der Waals surface area contributed by atoms with E-state index in [2.05, 4.69) is 20.8 Å². The molecule has 0 aliphatic carbocycles. The van der Waals surface area contributed by atoms with Crippen LogP contribution in [0.1, 0.15) is 19.5 Å². The first kappa shape index (κ1) is 18.1. The van der Waals surface area contributed by atoms with Gasteiger partial charge in [-0.25, -0.2) is 9.97 Å². The fourth-order valence-electron chi connectivity index (χ4n) is 2.70. The van der Waals surface area contributed by atoms with Crippen molar-refractivity contribution in [2.24, 2.45) is 5.92 Å². The number of fused-ring (bicyclic) bond motifs is 1. The van der Waals surface area contributed by atoms with E-state index in [9.17, 15) is 4.79 Å². The van der Waals surface area contributed by atoms with Crippen LogP contribution in [0.3, 0.4) is 0 Å². The molecule has 0 fully saturated rings. The third kappa shape index (κ3) is 3.72. The number of aromatic amines is 1. The van der Waals surface area contributed by atoms with E-state index in [0.717, 1.165) is 33.0 Å². The van der Waals surface area contributed by atoms with Gasteiger partial charge in [-0.15, -0.1) is 11.3 Å². The molecular formula is C20H20N6OS. The number of nitrogens with one attached hydrogen (secondary N) is 3. The molecule has 1 amide bonds. The third-order valence-corrected chi connectivity index (χ3v) is 5.10. The number of H-pyrrole nitrogens is 1. The number of amides is 1. The Labute approximate surface area is 166 Å². The first-order valence-corrected chi connectivity index (χ1v) is 9.83. The van der Waals surface area contributed by atoms with Gasteiger partial charge in [0.25, 0.3) is 0 Å². The third-order valence-electron chi connectivity index (χ3n) is 4.17. The predicted molar refractivity (Wildman–Crippen MR) is 113 cm³/mol. The summed E-state index contributed by atoms with van der Waals surface area (Å²) in [5.74, 6) is 1.98. The minimum Gasteiger partial charge on any atom is -0.325 e. The topological polar surface area (TPSA) is 95.6 Å². The zero-order valence-electron chi connectivity index (χ0n) is 15.8. The number of anilines is 3. The van der Waals surface area contributed by atoms with Gasteiger partial charge in [0, 0.05) is 22.8 Å². The molecule has 3 heterocycles. The Kier molecular flexibility index (Phi) is 4.79. The number of hydrogen-bond donors (Lipinski definition) is 3. The molecule has 0 atom stereocenters. The summed E-state index contributed by atoms with van der Waals surface area (Å²) in [5.41, 5.74) is 2.49. The maximum absolute atomic E-state index is 11.9. The van der Waals surface area contributed by atoms with Crippen molar-refractivity contribution in [3.05, 3.63) is 47.5 Å². The molecule has 3 N–H and O–H groups in total. The number of rotatable bonds is 5.